The molecule has 112 valence electrons. The summed E-state index contributed by atoms with van der Waals surface area (Å²) in [5.41, 5.74) is 0.832. The van der Waals surface area contributed by atoms with E-state index in [2.05, 4.69) is 16.0 Å². The van der Waals surface area contributed by atoms with Gasteiger partial charge in [0.2, 0.25) is 6.41 Å². The number of ketones is 1. The van der Waals surface area contributed by atoms with E-state index in [1.165, 1.54) is 13.0 Å². The molecule has 0 unspecified atom stereocenters. The molecule has 3 N–H and O–H groups in total. The summed E-state index contributed by atoms with van der Waals surface area (Å²) < 4.78 is 0. The van der Waals surface area contributed by atoms with Gasteiger partial charge in [0, 0.05) is 24.3 Å². The Hall–Kier alpha value is -2.70. The van der Waals surface area contributed by atoms with E-state index in [9.17, 15) is 19.2 Å². The Bertz CT molecular complexity index is 543. The first-order valence-electron chi connectivity index (χ1n) is 6.42. The fourth-order valence-corrected chi connectivity index (χ4v) is 1.54. The molecular weight excluding hydrogens is 274 g/mol. The molecule has 0 aliphatic carbocycles. The first-order chi connectivity index (χ1) is 10.0. The van der Waals surface area contributed by atoms with E-state index < -0.39 is 11.8 Å². The molecule has 7 heteroatoms. The van der Waals surface area contributed by atoms with Crippen molar-refractivity contribution in [2.45, 2.75) is 13.3 Å². The molecule has 0 aliphatic rings. The van der Waals surface area contributed by atoms with Gasteiger partial charge in [-0.3, -0.25) is 19.2 Å². The van der Waals surface area contributed by atoms with E-state index >= 15 is 0 Å². The molecule has 0 aliphatic heterocycles. The van der Waals surface area contributed by atoms with Gasteiger partial charge < -0.3 is 16.0 Å². The van der Waals surface area contributed by atoms with Crippen LogP contribution in [-0.2, 0) is 14.4 Å². The molecule has 0 radical (unpaired) electrons. The number of Topliss-reactive ketones (excluding diaryl/α,β-unsaturated/α-hetero) is 1. The van der Waals surface area contributed by atoms with Crippen LogP contribution in [0.25, 0.3) is 0 Å². The van der Waals surface area contributed by atoms with Crippen molar-refractivity contribution in [3.8, 4) is 0 Å². The van der Waals surface area contributed by atoms with Gasteiger partial charge in [-0.25, -0.2) is 0 Å². The zero-order chi connectivity index (χ0) is 15.7. The van der Waals surface area contributed by atoms with Crippen molar-refractivity contribution in [1.29, 1.82) is 0 Å². The lowest BCUT2D eigenvalue weighted by molar-refractivity contribution is -0.136. The molecule has 7 nitrogen and oxygen atoms in total. The largest absolute Gasteiger partial charge is 0.359 e. The zero-order valence-corrected chi connectivity index (χ0v) is 11.6. The third kappa shape index (κ3) is 5.85. The predicted octanol–water partition coefficient (Wildman–Crippen LogP) is 0.0800. The van der Waals surface area contributed by atoms with E-state index in [-0.39, 0.29) is 12.3 Å². The highest BCUT2D eigenvalue weighted by Crippen LogP contribution is 2.10. The molecule has 0 saturated carbocycles. The van der Waals surface area contributed by atoms with Crippen LogP contribution in [0.3, 0.4) is 0 Å². The van der Waals surface area contributed by atoms with Crippen LogP contribution in [-0.4, -0.2) is 37.1 Å². The number of nitrogens with one attached hydrogen (secondary N) is 3. The molecule has 1 aromatic rings. The number of carbonyl (C=O) groups is 4. The molecule has 1 aromatic carbocycles. The average Bonchev–Trinajstić information content (AvgIpc) is 2.47. The van der Waals surface area contributed by atoms with Gasteiger partial charge in [-0.2, -0.15) is 0 Å². The van der Waals surface area contributed by atoms with E-state index in [1.54, 1.807) is 18.2 Å². The normalized spacial score (nSPS) is 9.57. The highest BCUT2D eigenvalue weighted by atomic mass is 16.2. The minimum atomic E-state index is -0.806. The fourth-order valence-electron chi connectivity index (χ4n) is 1.54. The molecular formula is C14H17N3O4. The van der Waals surface area contributed by atoms with Gasteiger partial charge in [0.1, 0.15) is 0 Å². The van der Waals surface area contributed by atoms with Gasteiger partial charge in [0.05, 0.1) is 0 Å². The number of hydrogen-bond donors (Lipinski definition) is 3. The van der Waals surface area contributed by atoms with Crippen LogP contribution in [0.15, 0.2) is 24.3 Å². The summed E-state index contributed by atoms with van der Waals surface area (Å²) >= 11 is 0. The summed E-state index contributed by atoms with van der Waals surface area (Å²) in [4.78, 5) is 44.4. The van der Waals surface area contributed by atoms with Gasteiger partial charge in [-0.15, -0.1) is 0 Å². The van der Waals surface area contributed by atoms with E-state index in [0.29, 0.717) is 30.6 Å². The van der Waals surface area contributed by atoms with Crippen molar-refractivity contribution >= 4 is 29.7 Å². The Kier molecular flexibility index (Phi) is 6.59. The van der Waals surface area contributed by atoms with Crippen LogP contribution in [0.1, 0.15) is 23.7 Å². The van der Waals surface area contributed by atoms with E-state index in [1.807, 2.05) is 0 Å². The molecule has 21 heavy (non-hydrogen) atoms. The van der Waals surface area contributed by atoms with Crippen molar-refractivity contribution in [3.63, 3.8) is 0 Å². The summed E-state index contributed by atoms with van der Waals surface area (Å²) in [5, 5.41) is 7.28. The Morgan fingerprint density at radius 2 is 1.90 bits per heavy atom. The first-order valence-corrected chi connectivity index (χ1v) is 6.42. The van der Waals surface area contributed by atoms with Crippen LogP contribution in [0.2, 0.25) is 0 Å². The van der Waals surface area contributed by atoms with Crippen molar-refractivity contribution in [3.05, 3.63) is 29.8 Å². The van der Waals surface area contributed by atoms with Crippen molar-refractivity contribution in [2.75, 3.05) is 18.4 Å². The molecule has 0 aromatic heterocycles. The molecule has 0 heterocycles. The van der Waals surface area contributed by atoms with Gasteiger partial charge in [0.15, 0.2) is 5.78 Å². The highest BCUT2D eigenvalue weighted by Gasteiger charge is 2.13. The van der Waals surface area contributed by atoms with E-state index in [0.717, 1.165) is 0 Å². The number of carbonyl (C=O) groups excluding carboxylic acids is 4. The Morgan fingerprint density at radius 1 is 1.14 bits per heavy atom. The molecule has 3 amide bonds. The summed E-state index contributed by atoms with van der Waals surface area (Å²) in [7, 11) is 0. The second kappa shape index (κ2) is 8.47. The predicted molar refractivity (Wildman–Crippen MR) is 76.8 cm³/mol. The third-order valence-electron chi connectivity index (χ3n) is 2.60. The van der Waals surface area contributed by atoms with Crippen LogP contribution in [0.5, 0.6) is 0 Å². The molecule has 0 atom stereocenters. The number of rotatable bonds is 7. The fraction of sp³-hybridized carbons (Fsp3) is 0.286. The molecule has 0 bridgehead atoms. The smallest absolute Gasteiger partial charge is 0.313 e. The molecule has 1 rings (SSSR count). The van der Waals surface area contributed by atoms with Gasteiger partial charge in [0.25, 0.3) is 0 Å². The lowest BCUT2D eigenvalue weighted by Crippen LogP contribution is -2.36. The number of anilines is 1. The van der Waals surface area contributed by atoms with Gasteiger partial charge >= 0.3 is 11.8 Å². The summed E-state index contributed by atoms with van der Waals surface area (Å²) in [6, 6.07) is 6.33. The SMILES string of the molecule is CC(=O)c1cccc(NC(=O)C(=O)NCCCNC=O)c1. The maximum absolute atomic E-state index is 11.6. The second-order valence-electron chi connectivity index (χ2n) is 4.27. The summed E-state index contributed by atoms with van der Waals surface area (Å²) in [6.45, 7) is 2.12. The maximum atomic E-state index is 11.6. The quantitative estimate of drug-likeness (QED) is 0.286. The minimum absolute atomic E-state index is 0.127. The topological polar surface area (TPSA) is 104 Å². The molecule has 0 spiro atoms. The number of amides is 3. The van der Waals surface area contributed by atoms with Crippen molar-refractivity contribution in [2.24, 2.45) is 0 Å². The average molecular weight is 291 g/mol. The van der Waals surface area contributed by atoms with Gasteiger partial charge in [-0.1, -0.05) is 12.1 Å². The Morgan fingerprint density at radius 3 is 2.57 bits per heavy atom. The van der Waals surface area contributed by atoms with Crippen LogP contribution in [0, 0.1) is 0 Å². The van der Waals surface area contributed by atoms with Crippen LogP contribution >= 0.6 is 0 Å². The second-order valence-corrected chi connectivity index (χ2v) is 4.27. The lowest BCUT2D eigenvalue weighted by atomic mass is 10.1. The minimum Gasteiger partial charge on any atom is -0.359 e. The number of benzene rings is 1. The van der Waals surface area contributed by atoms with E-state index in [4.69, 9.17) is 0 Å². The van der Waals surface area contributed by atoms with Crippen LogP contribution in [0.4, 0.5) is 5.69 Å². The third-order valence-corrected chi connectivity index (χ3v) is 2.60. The van der Waals surface area contributed by atoms with Crippen LogP contribution < -0.4 is 16.0 Å². The standard InChI is InChI=1S/C14H17N3O4/c1-10(19)11-4-2-5-12(8-11)17-14(21)13(20)16-7-3-6-15-9-18/h2,4-5,8-9H,3,6-7H2,1H3,(H,15,18)(H,16,20)(H,17,21). The lowest BCUT2D eigenvalue weighted by Gasteiger charge is -2.07. The Balaban J connectivity index is 2.45. The Labute approximate surface area is 122 Å². The van der Waals surface area contributed by atoms with Gasteiger partial charge in [-0.05, 0) is 25.5 Å². The zero-order valence-electron chi connectivity index (χ0n) is 11.6. The monoisotopic (exact) mass is 291 g/mol. The highest BCUT2D eigenvalue weighted by molar-refractivity contribution is 6.39. The summed E-state index contributed by atoms with van der Waals surface area (Å²) in [6.07, 6.45) is 1.09. The molecule has 0 saturated heterocycles. The first kappa shape index (κ1) is 16.4. The maximum Gasteiger partial charge on any atom is 0.313 e. The number of hydrogen-bond acceptors (Lipinski definition) is 4. The van der Waals surface area contributed by atoms with Crippen molar-refractivity contribution < 1.29 is 19.2 Å². The molecule has 0 fully saturated rings. The van der Waals surface area contributed by atoms with Crippen molar-refractivity contribution in [1.82, 2.24) is 10.6 Å². The summed E-state index contributed by atoms with van der Waals surface area (Å²) in [5.74, 6) is -1.70.